The Hall–Kier alpha value is -2.75. The monoisotopic (exact) mass is 337 g/mol. The van der Waals surface area contributed by atoms with Crippen molar-refractivity contribution in [3.05, 3.63) is 59.4 Å². The molecule has 0 spiro atoms. The molecule has 25 heavy (non-hydrogen) atoms. The third kappa shape index (κ3) is 3.53. The zero-order valence-corrected chi connectivity index (χ0v) is 14.9. The lowest BCUT2D eigenvalue weighted by molar-refractivity contribution is 0.101. The number of ketones is 1. The summed E-state index contributed by atoms with van der Waals surface area (Å²) in [7, 11) is 0. The summed E-state index contributed by atoms with van der Waals surface area (Å²) in [4.78, 5) is 14.8. The largest absolute Gasteiger partial charge is 0.494 e. The van der Waals surface area contributed by atoms with Gasteiger partial charge in [-0.15, -0.1) is 0 Å². The number of benzene rings is 2. The van der Waals surface area contributed by atoms with E-state index in [0.29, 0.717) is 29.4 Å². The molecular weight excluding hydrogens is 314 g/mol. The van der Waals surface area contributed by atoms with E-state index in [1.54, 1.807) is 24.3 Å². The van der Waals surface area contributed by atoms with Crippen molar-refractivity contribution in [1.29, 1.82) is 0 Å². The summed E-state index contributed by atoms with van der Waals surface area (Å²) in [6, 6.07) is 13.5. The van der Waals surface area contributed by atoms with Gasteiger partial charge in [-0.3, -0.25) is 4.79 Å². The first-order valence-electron chi connectivity index (χ1n) is 8.72. The molecule has 0 radical (unpaired) electrons. The number of Topliss-reactive ketones (excluding diaryl/α,β-unsaturated/α-hetero) is 1. The third-order valence-corrected chi connectivity index (χ3v) is 4.27. The van der Waals surface area contributed by atoms with Crippen molar-refractivity contribution in [1.82, 2.24) is 0 Å². The third-order valence-electron chi connectivity index (χ3n) is 4.27. The smallest absolute Gasteiger partial charge is 0.231 e. The maximum atomic E-state index is 12.5. The molecule has 1 aliphatic heterocycles. The lowest BCUT2D eigenvalue weighted by Crippen LogP contribution is -2.21. The van der Waals surface area contributed by atoms with Gasteiger partial charge in [0.1, 0.15) is 11.5 Å². The maximum Gasteiger partial charge on any atom is 0.231 e. The highest BCUT2D eigenvalue weighted by molar-refractivity contribution is 6.14. The van der Waals surface area contributed by atoms with E-state index in [4.69, 9.17) is 9.47 Å². The van der Waals surface area contributed by atoms with Crippen LogP contribution in [0.1, 0.15) is 36.7 Å². The fraction of sp³-hybridized carbons (Fsp3) is 0.286. The van der Waals surface area contributed by atoms with Crippen LogP contribution in [-0.2, 0) is 0 Å². The molecule has 1 heterocycles. The molecule has 0 saturated heterocycles. The van der Waals surface area contributed by atoms with Gasteiger partial charge >= 0.3 is 0 Å². The van der Waals surface area contributed by atoms with Gasteiger partial charge in [0.15, 0.2) is 5.76 Å². The van der Waals surface area contributed by atoms with Gasteiger partial charge in [0.25, 0.3) is 0 Å². The number of hydrogen-bond donors (Lipinski definition) is 0. The van der Waals surface area contributed by atoms with Crippen LogP contribution in [0.5, 0.6) is 11.5 Å². The summed E-state index contributed by atoms with van der Waals surface area (Å²) in [5.74, 6) is 1.52. The molecule has 1 aliphatic rings. The highest BCUT2D eigenvalue weighted by Crippen LogP contribution is 2.35. The molecule has 4 heteroatoms. The van der Waals surface area contributed by atoms with Gasteiger partial charge < -0.3 is 14.4 Å². The van der Waals surface area contributed by atoms with Crippen LogP contribution in [-0.4, -0.2) is 25.5 Å². The second-order valence-corrected chi connectivity index (χ2v) is 5.79. The second kappa shape index (κ2) is 7.43. The topological polar surface area (TPSA) is 38.8 Å². The molecule has 0 atom stereocenters. The van der Waals surface area contributed by atoms with Crippen LogP contribution < -0.4 is 14.4 Å². The minimum absolute atomic E-state index is 0.0918. The van der Waals surface area contributed by atoms with Crippen molar-refractivity contribution in [3.63, 3.8) is 0 Å². The van der Waals surface area contributed by atoms with Gasteiger partial charge in [-0.05, 0) is 56.7 Å². The molecule has 0 N–H and O–H groups in total. The van der Waals surface area contributed by atoms with E-state index in [9.17, 15) is 4.79 Å². The summed E-state index contributed by atoms with van der Waals surface area (Å²) < 4.78 is 11.2. The summed E-state index contributed by atoms with van der Waals surface area (Å²) in [6.07, 6.45) is 1.79. The molecule has 2 aromatic carbocycles. The molecule has 130 valence electrons. The average Bonchev–Trinajstić information content (AvgIpc) is 2.93. The Morgan fingerprint density at radius 1 is 1.04 bits per heavy atom. The first-order valence-corrected chi connectivity index (χ1v) is 8.72. The number of carbonyl (C=O) groups is 1. The molecule has 0 amide bonds. The minimum atomic E-state index is -0.0918. The van der Waals surface area contributed by atoms with Crippen LogP contribution >= 0.6 is 0 Å². The average molecular weight is 337 g/mol. The number of ether oxygens (including phenoxy) is 2. The summed E-state index contributed by atoms with van der Waals surface area (Å²) in [5, 5.41) is 0. The number of nitrogens with zero attached hydrogens (tertiary/aromatic N) is 1. The Bertz CT molecular complexity index is 789. The molecular formula is C21H23NO3. The standard InChI is InChI=1S/C21H23NO3/c1-4-22(5-2)16-9-7-15(8-10-16)13-20-21(23)18-12-11-17(24-6-3)14-19(18)25-20/h7-14H,4-6H2,1-3H3/b20-13-. The fourth-order valence-electron chi connectivity index (χ4n) is 2.95. The van der Waals surface area contributed by atoms with Crippen molar-refractivity contribution in [3.8, 4) is 11.5 Å². The van der Waals surface area contributed by atoms with Crippen LogP contribution in [0, 0.1) is 0 Å². The zero-order valence-electron chi connectivity index (χ0n) is 14.9. The van der Waals surface area contributed by atoms with Crippen LogP contribution in [0.15, 0.2) is 48.2 Å². The Morgan fingerprint density at radius 2 is 1.76 bits per heavy atom. The Balaban J connectivity index is 1.81. The number of allylic oxidation sites excluding steroid dienone is 1. The van der Waals surface area contributed by atoms with Crippen LogP contribution in [0.25, 0.3) is 6.08 Å². The van der Waals surface area contributed by atoms with E-state index in [0.717, 1.165) is 18.7 Å². The Morgan fingerprint density at radius 3 is 2.40 bits per heavy atom. The number of carbonyl (C=O) groups excluding carboxylic acids is 1. The van der Waals surface area contributed by atoms with Gasteiger partial charge in [-0.25, -0.2) is 0 Å². The lowest BCUT2D eigenvalue weighted by atomic mass is 10.1. The van der Waals surface area contributed by atoms with Gasteiger partial charge in [0, 0.05) is 24.8 Å². The molecule has 0 fully saturated rings. The molecule has 4 nitrogen and oxygen atoms in total. The van der Waals surface area contributed by atoms with Crippen molar-refractivity contribution in [2.75, 3.05) is 24.6 Å². The predicted octanol–water partition coefficient (Wildman–Crippen LogP) is 4.55. The highest BCUT2D eigenvalue weighted by atomic mass is 16.5. The van der Waals surface area contributed by atoms with E-state index in [2.05, 4.69) is 30.9 Å². The number of anilines is 1. The Labute approximate surface area is 148 Å². The van der Waals surface area contributed by atoms with Crippen LogP contribution in [0.2, 0.25) is 0 Å². The van der Waals surface area contributed by atoms with E-state index in [1.807, 2.05) is 19.1 Å². The summed E-state index contributed by atoms with van der Waals surface area (Å²) >= 11 is 0. The van der Waals surface area contributed by atoms with E-state index in [1.165, 1.54) is 5.69 Å². The van der Waals surface area contributed by atoms with Gasteiger partial charge in [-0.1, -0.05) is 12.1 Å². The van der Waals surface area contributed by atoms with E-state index in [-0.39, 0.29) is 5.78 Å². The van der Waals surface area contributed by atoms with E-state index < -0.39 is 0 Å². The zero-order chi connectivity index (χ0) is 17.8. The highest BCUT2D eigenvalue weighted by Gasteiger charge is 2.27. The second-order valence-electron chi connectivity index (χ2n) is 5.79. The molecule has 0 bridgehead atoms. The number of rotatable bonds is 6. The first-order chi connectivity index (χ1) is 12.2. The van der Waals surface area contributed by atoms with Gasteiger partial charge in [0.05, 0.1) is 12.2 Å². The summed E-state index contributed by atoms with van der Waals surface area (Å²) in [5.41, 5.74) is 2.70. The summed E-state index contributed by atoms with van der Waals surface area (Å²) in [6.45, 7) is 8.71. The fourth-order valence-corrected chi connectivity index (χ4v) is 2.95. The number of hydrogen-bond acceptors (Lipinski definition) is 4. The normalized spacial score (nSPS) is 14.4. The van der Waals surface area contributed by atoms with Crippen LogP contribution in [0.3, 0.4) is 0 Å². The van der Waals surface area contributed by atoms with Crippen LogP contribution in [0.4, 0.5) is 5.69 Å². The molecule has 3 rings (SSSR count). The Kier molecular flexibility index (Phi) is 5.08. The van der Waals surface area contributed by atoms with Gasteiger partial charge in [0.2, 0.25) is 5.78 Å². The number of fused-ring (bicyclic) bond motifs is 1. The predicted molar refractivity (Wildman–Crippen MR) is 101 cm³/mol. The quantitative estimate of drug-likeness (QED) is 0.725. The molecule has 0 saturated carbocycles. The minimum Gasteiger partial charge on any atom is -0.494 e. The SMILES string of the molecule is CCOc1ccc2c(c1)O/C(=C\c1ccc(N(CC)CC)cc1)C2=O. The molecule has 0 aromatic heterocycles. The van der Waals surface area contributed by atoms with Crippen molar-refractivity contribution in [2.45, 2.75) is 20.8 Å². The van der Waals surface area contributed by atoms with Crippen molar-refractivity contribution >= 4 is 17.5 Å². The molecule has 0 aliphatic carbocycles. The lowest BCUT2D eigenvalue weighted by Gasteiger charge is -2.20. The van der Waals surface area contributed by atoms with E-state index >= 15 is 0 Å². The van der Waals surface area contributed by atoms with Gasteiger partial charge in [-0.2, -0.15) is 0 Å². The van der Waals surface area contributed by atoms with Crippen molar-refractivity contribution < 1.29 is 14.3 Å². The molecule has 2 aromatic rings. The molecule has 0 unspecified atom stereocenters. The first kappa shape index (κ1) is 17.1. The van der Waals surface area contributed by atoms with Crippen molar-refractivity contribution in [2.24, 2.45) is 0 Å². The maximum absolute atomic E-state index is 12.5.